The fourth-order valence-electron chi connectivity index (χ4n) is 3.43. The van der Waals surface area contributed by atoms with E-state index in [-0.39, 0.29) is 11.9 Å². The van der Waals surface area contributed by atoms with Crippen LogP contribution in [0.25, 0.3) is 10.9 Å². The zero-order valence-electron chi connectivity index (χ0n) is 15.3. The summed E-state index contributed by atoms with van der Waals surface area (Å²) in [6, 6.07) is 21.2. The van der Waals surface area contributed by atoms with E-state index in [4.69, 9.17) is 0 Å². The molecule has 3 heteroatoms. The van der Waals surface area contributed by atoms with Gasteiger partial charge >= 0.3 is 0 Å². The first-order chi connectivity index (χ1) is 12.1. The van der Waals surface area contributed by atoms with Crippen molar-refractivity contribution in [2.24, 2.45) is 7.05 Å². The summed E-state index contributed by atoms with van der Waals surface area (Å²) in [6.45, 7) is 4.46. The summed E-state index contributed by atoms with van der Waals surface area (Å²) in [5, 5.41) is 1.22. The van der Waals surface area contributed by atoms with Crippen molar-refractivity contribution >= 4 is 16.8 Å². The Morgan fingerprint density at radius 1 is 1.08 bits per heavy atom. The maximum absolute atomic E-state index is 12.2. The van der Waals surface area contributed by atoms with Crippen LogP contribution in [0.3, 0.4) is 0 Å². The Bertz CT molecular complexity index is 851. The predicted molar refractivity (Wildman–Crippen MR) is 103 cm³/mol. The maximum Gasteiger partial charge on any atom is 0.220 e. The van der Waals surface area contributed by atoms with E-state index in [0.29, 0.717) is 6.54 Å². The quantitative estimate of drug-likeness (QED) is 0.649. The molecule has 0 aliphatic heterocycles. The van der Waals surface area contributed by atoms with Gasteiger partial charge in [-0.2, -0.15) is 0 Å². The molecule has 0 fully saturated rings. The second-order valence-corrected chi connectivity index (χ2v) is 6.77. The van der Waals surface area contributed by atoms with Crippen LogP contribution in [0.5, 0.6) is 0 Å². The molecule has 3 aromatic rings. The Labute approximate surface area is 149 Å². The molecule has 0 radical (unpaired) electrons. The van der Waals surface area contributed by atoms with Gasteiger partial charge in [0, 0.05) is 31.2 Å². The molecule has 2 aromatic carbocycles. The zero-order valence-corrected chi connectivity index (χ0v) is 15.3. The van der Waals surface area contributed by atoms with Crippen molar-refractivity contribution in [3.8, 4) is 0 Å². The van der Waals surface area contributed by atoms with Crippen LogP contribution in [0.2, 0.25) is 0 Å². The van der Waals surface area contributed by atoms with Crippen LogP contribution < -0.4 is 0 Å². The molecule has 0 saturated heterocycles. The lowest BCUT2D eigenvalue weighted by atomic mass is 10.0. The summed E-state index contributed by atoms with van der Waals surface area (Å²) < 4.78 is 2.19. The van der Waals surface area contributed by atoms with Crippen molar-refractivity contribution in [1.29, 1.82) is 0 Å². The van der Waals surface area contributed by atoms with Crippen molar-refractivity contribution in [3.05, 3.63) is 71.9 Å². The molecule has 1 atom stereocenters. The van der Waals surface area contributed by atoms with Crippen LogP contribution >= 0.6 is 0 Å². The summed E-state index contributed by atoms with van der Waals surface area (Å²) in [5.41, 5.74) is 3.70. The Morgan fingerprint density at radius 2 is 1.76 bits per heavy atom. The average molecular weight is 334 g/mol. The highest BCUT2D eigenvalue weighted by molar-refractivity contribution is 5.81. The monoisotopic (exact) mass is 334 g/mol. The van der Waals surface area contributed by atoms with Crippen molar-refractivity contribution in [2.45, 2.75) is 39.3 Å². The lowest BCUT2D eigenvalue weighted by molar-refractivity contribution is -0.131. The fraction of sp³-hybridized carbons (Fsp3) is 0.318. The van der Waals surface area contributed by atoms with Gasteiger partial charge in [0.05, 0.1) is 6.54 Å². The molecule has 1 heterocycles. The molecule has 0 N–H and O–H groups in total. The highest BCUT2D eigenvalue weighted by Crippen LogP contribution is 2.21. The number of carbonyl (C=O) groups is 1. The number of aryl methyl sites for hydroxylation is 2. The summed E-state index contributed by atoms with van der Waals surface area (Å²) in [6.07, 6.45) is 1.95. The lowest BCUT2D eigenvalue weighted by Crippen LogP contribution is -2.37. The Hall–Kier alpha value is -2.55. The second kappa shape index (κ2) is 7.56. The van der Waals surface area contributed by atoms with Gasteiger partial charge in [-0.25, -0.2) is 0 Å². The molecule has 1 amide bonds. The number of nitrogens with zero attached hydrogens (tertiary/aromatic N) is 2. The van der Waals surface area contributed by atoms with Gasteiger partial charge in [0.15, 0.2) is 0 Å². The van der Waals surface area contributed by atoms with Gasteiger partial charge in [0.25, 0.3) is 0 Å². The molecule has 0 bridgehead atoms. The molecule has 3 nitrogen and oxygen atoms in total. The van der Waals surface area contributed by atoms with Crippen LogP contribution in [0.15, 0.2) is 60.7 Å². The zero-order chi connectivity index (χ0) is 17.8. The van der Waals surface area contributed by atoms with Crippen molar-refractivity contribution in [3.63, 3.8) is 0 Å². The molecule has 25 heavy (non-hydrogen) atoms. The number of hydrogen-bond acceptors (Lipinski definition) is 1. The van der Waals surface area contributed by atoms with E-state index in [2.05, 4.69) is 73.1 Å². The second-order valence-electron chi connectivity index (χ2n) is 6.77. The largest absolute Gasteiger partial charge is 0.346 e. The Balaban J connectivity index is 1.74. The van der Waals surface area contributed by atoms with Crippen molar-refractivity contribution < 1.29 is 4.79 Å². The van der Waals surface area contributed by atoms with E-state index < -0.39 is 0 Å². The van der Waals surface area contributed by atoms with Gasteiger partial charge in [-0.3, -0.25) is 4.79 Å². The smallest absolute Gasteiger partial charge is 0.220 e. The van der Waals surface area contributed by atoms with E-state index in [1.54, 1.807) is 6.92 Å². The topological polar surface area (TPSA) is 25.2 Å². The van der Waals surface area contributed by atoms with Crippen molar-refractivity contribution in [1.82, 2.24) is 9.47 Å². The summed E-state index contributed by atoms with van der Waals surface area (Å²) in [5.74, 6) is 0.130. The summed E-state index contributed by atoms with van der Waals surface area (Å²) in [7, 11) is 2.07. The van der Waals surface area contributed by atoms with Crippen molar-refractivity contribution in [2.75, 3.05) is 0 Å². The van der Waals surface area contributed by atoms with Crippen LogP contribution in [-0.4, -0.2) is 21.4 Å². The molecule has 0 aliphatic rings. The standard InChI is InChI=1S/C22H26N2O/c1-17(13-14-19-9-5-4-6-10-19)24(18(2)25)16-21-15-20-11-7-8-12-22(20)23(21)3/h4-12,15,17H,13-14,16H2,1-3H3/t17-/m0/s1. The number of hydrogen-bond donors (Lipinski definition) is 0. The molecule has 0 spiro atoms. The third kappa shape index (κ3) is 3.93. The predicted octanol–water partition coefficient (Wildman–Crippen LogP) is 4.55. The van der Waals surface area contributed by atoms with E-state index in [1.807, 2.05) is 11.0 Å². The molecule has 0 saturated carbocycles. The normalized spacial score (nSPS) is 12.3. The summed E-state index contributed by atoms with van der Waals surface area (Å²) in [4.78, 5) is 14.2. The SMILES string of the molecule is CC(=O)N(Cc1cc2ccccc2n1C)[C@@H](C)CCc1ccccc1. The van der Waals surface area contributed by atoms with Crippen LogP contribution in [0, 0.1) is 0 Å². The third-order valence-electron chi connectivity index (χ3n) is 5.01. The molecule has 3 rings (SSSR count). The van der Waals surface area contributed by atoms with Gasteiger partial charge < -0.3 is 9.47 Å². The van der Waals surface area contributed by atoms with Gasteiger partial charge in [-0.15, -0.1) is 0 Å². The van der Waals surface area contributed by atoms with E-state index >= 15 is 0 Å². The Morgan fingerprint density at radius 3 is 2.44 bits per heavy atom. The average Bonchev–Trinajstić information content (AvgIpc) is 2.94. The van der Waals surface area contributed by atoms with Gasteiger partial charge in [0.2, 0.25) is 5.91 Å². The first kappa shape index (κ1) is 17.3. The van der Waals surface area contributed by atoms with E-state index in [0.717, 1.165) is 12.8 Å². The highest BCUT2D eigenvalue weighted by atomic mass is 16.2. The molecular formula is C22H26N2O. The lowest BCUT2D eigenvalue weighted by Gasteiger charge is -2.28. The molecule has 130 valence electrons. The Kier molecular flexibility index (Phi) is 5.22. The summed E-state index contributed by atoms with van der Waals surface area (Å²) >= 11 is 0. The van der Waals surface area contributed by atoms with E-state index in [9.17, 15) is 4.79 Å². The molecule has 0 unspecified atom stereocenters. The number of para-hydroxylation sites is 1. The molecule has 0 aliphatic carbocycles. The molecule has 1 aromatic heterocycles. The van der Waals surface area contributed by atoms with Gasteiger partial charge in [-0.05, 0) is 42.8 Å². The number of fused-ring (bicyclic) bond motifs is 1. The minimum atomic E-state index is 0.130. The third-order valence-corrected chi connectivity index (χ3v) is 5.01. The minimum absolute atomic E-state index is 0.130. The van der Waals surface area contributed by atoms with Crippen LogP contribution in [-0.2, 0) is 24.8 Å². The van der Waals surface area contributed by atoms with Gasteiger partial charge in [-0.1, -0.05) is 48.5 Å². The van der Waals surface area contributed by atoms with Crippen LogP contribution in [0.1, 0.15) is 31.5 Å². The fourth-order valence-corrected chi connectivity index (χ4v) is 3.43. The minimum Gasteiger partial charge on any atom is -0.346 e. The number of aromatic nitrogens is 1. The van der Waals surface area contributed by atoms with E-state index in [1.165, 1.54) is 22.2 Å². The number of carbonyl (C=O) groups excluding carboxylic acids is 1. The van der Waals surface area contributed by atoms with Gasteiger partial charge in [0.1, 0.15) is 0 Å². The first-order valence-electron chi connectivity index (χ1n) is 8.90. The molecular weight excluding hydrogens is 308 g/mol. The highest BCUT2D eigenvalue weighted by Gasteiger charge is 2.19. The first-order valence-corrected chi connectivity index (χ1v) is 8.90. The van der Waals surface area contributed by atoms with Crippen LogP contribution in [0.4, 0.5) is 0 Å². The maximum atomic E-state index is 12.2. The number of benzene rings is 2. The number of amides is 1. The number of rotatable bonds is 6.